The lowest BCUT2D eigenvalue weighted by Gasteiger charge is -2.23. The number of ether oxygens (including phenoxy) is 1. The predicted molar refractivity (Wildman–Crippen MR) is 87.7 cm³/mol. The number of hydrogen-bond acceptors (Lipinski definition) is 4. The first-order valence-corrected chi connectivity index (χ1v) is 8.09. The maximum Gasteiger partial charge on any atom is 0.243 e. The van der Waals surface area contributed by atoms with Crippen molar-refractivity contribution in [1.29, 1.82) is 0 Å². The van der Waals surface area contributed by atoms with Crippen molar-refractivity contribution in [2.75, 3.05) is 13.6 Å². The molecule has 7 heteroatoms. The van der Waals surface area contributed by atoms with Crippen molar-refractivity contribution in [2.45, 2.75) is 44.7 Å². The van der Waals surface area contributed by atoms with Crippen LogP contribution in [-0.2, 0) is 10.0 Å². The minimum absolute atomic E-state index is 0. The van der Waals surface area contributed by atoms with Gasteiger partial charge in [-0.25, -0.2) is 8.42 Å². The molecule has 1 aromatic carbocycles. The number of rotatable bonds is 6. The fourth-order valence-electron chi connectivity index (χ4n) is 1.72. The van der Waals surface area contributed by atoms with Crippen molar-refractivity contribution in [3.05, 3.63) is 23.8 Å². The molecule has 0 bridgehead atoms. The van der Waals surface area contributed by atoms with Crippen LogP contribution in [0.4, 0.5) is 0 Å². The molecule has 2 N–H and O–H groups in total. The van der Waals surface area contributed by atoms with Gasteiger partial charge in [0.15, 0.2) is 0 Å². The number of nitrogens with two attached hydrogens (primary N) is 1. The van der Waals surface area contributed by atoms with Crippen LogP contribution in [-0.4, -0.2) is 38.5 Å². The van der Waals surface area contributed by atoms with Gasteiger partial charge in [0.05, 0.1) is 11.0 Å². The first-order valence-electron chi connectivity index (χ1n) is 6.65. The number of likely N-dealkylation sites (N-methyl/N-ethyl adjacent to an activating group) is 1. The van der Waals surface area contributed by atoms with Crippen LogP contribution in [0, 0.1) is 6.92 Å². The van der Waals surface area contributed by atoms with E-state index in [1.54, 1.807) is 32.2 Å². The Bertz CT molecular complexity index is 561. The van der Waals surface area contributed by atoms with Gasteiger partial charge in [-0.15, -0.1) is 12.4 Å². The highest BCUT2D eigenvalue weighted by Gasteiger charge is 2.25. The van der Waals surface area contributed by atoms with E-state index in [0.717, 1.165) is 5.56 Å². The Morgan fingerprint density at radius 3 is 2.29 bits per heavy atom. The van der Waals surface area contributed by atoms with E-state index in [2.05, 4.69) is 0 Å². The second kappa shape index (κ2) is 7.98. The number of hydrogen-bond donors (Lipinski definition) is 1. The summed E-state index contributed by atoms with van der Waals surface area (Å²) in [5, 5.41) is 0. The Balaban J connectivity index is 0.00000400. The summed E-state index contributed by atoms with van der Waals surface area (Å²) >= 11 is 0. The Kier molecular flexibility index (Phi) is 7.67. The van der Waals surface area contributed by atoms with Gasteiger partial charge in [0.1, 0.15) is 5.75 Å². The van der Waals surface area contributed by atoms with E-state index >= 15 is 0 Å². The monoisotopic (exact) mass is 336 g/mol. The summed E-state index contributed by atoms with van der Waals surface area (Å²) in [5.41, 5.74) is 6.33. The maximum absolute atomic E-state index is 12.4. The third kappa shape index (κ3) is 4.85. The summed E-state index contributed by atoms with van der Waals surface area (Å²) in [6.45, 7) is 7.76. The van der Waals surface area contributed by atoms with E-state index in [-0.39, 0.29) is 36.0 Å². The minimum Gasteiger partial charge on any atom is -0.491 e. The second-order valence-electron chi connectivity index (χ2n) is 5.20. The Labute approximate surface area is 133 Å². The van der Waals surface area contributed by atoms with Crippen LogP contribution < -0.4 is 10.5 Å². The summed E-state index contributed by atoms with van der Waals surface area (Å²) in [6.07, 6.45) is 0.0519. The lowest BCUT2D eigenvalue weighted by molar-refractivity contribution is 0.240. The molecule has 0 saturated heterocycles. The van der Waals surface area contributed by atoms with Crippen molar-refractivity contribution >= 4 is 22.4 Å². The van der Waals surface area contributed by atoms with Gasteiger partial charge in [0.25, 0.3) is 0 Å². The average molecular weight is 337 g/mol. The van der Waals surface area contributed by atoms with Gasteiger partial charge < -0.3 is 10.5 Å². The number of sulfonamides is 1. The smallest absolute Gasteiger partial charge is 0.243 e. The van der Waals surface area contributed by atoms with Crippen LogP contribution in [0.1, 0.15) is 26.3 Å². The van der Waals surface area contributed by atoms with Crippen LogP contribution in [0.2, 0.25) is 0 Å². The quantitative estimate of drug-likeness (QED) is 0.864. The highest BCUT2D eigenvalue weighted by molar-refractivity contribution is 7.89. The van der Waals surface area contributed by atoms with Gasteiger partial charge in [-0.3, -0.25) is 0 Å². The molecule has 0 radical (unpaired) electrons. The minimum atomic E-state index is -3.52. The third-order valence-electron chi connectivity index (χ3n) is 3.15. The summed E-state index contributed by atoms with van der Waals surface area (Å²) in [7, 11) is -1.98. The molecule has 21 heavy (non-hydrogen) atoms. The predicted octanol–water partition coefficient (Wildman–Crippen LogP) is 2.17. The summed E-state index contributed by atoms with van der Waals surface area (Å²) in [4.78, 5) is 0.258. The Morgan fingerprint density at radius 2 is 1.86 bits per heavy atom. The van der Waals surface area contributed by atoms with E-state index in [1.807, 2.05) is 20.8 Å². The Hall–Kier alpha value is -0.820. The largest absolute Gasteiger partial charge is 0.491 e. The maximum atomic E-state index is 12.4. The molecule has 0 spiro atoms. The van der Waals surface area contributed by atoms with Gasteiger partial charge in [-0.1, -0.05) is 0 Å². The van der Waals surface area contributed by atoms with Gasteiger partial charge in [0.2, 0.25) is 10.0 Å². The van der Waals surface area contributed by atoms with Crippen LogP contribution in [0.5, 0.6) is 5.75 Å². The zero-order valence-corrected chi connectivity index (χ0v) is 14.8. The average Bonchev–Trinajstić information content (AvgIpc) is 2.38. The van der Waals surface area contributed by atoms with Crippen LogP contribution >= 0.6 is 12.4 Å². The van der Waals surface area contributed by atoms with Crippen molar-refractivity contribution < 1.29 is 13.2 Å². The molecule has 1 atom stereocenters. The molecular formula is C14H25ClN2O3S. The Morgan fingerprint density at radius 1 is 1.29 bits per heavy atom. The molecule has 0 heterocycles. The van der Waals surface area contributed by atoms with Crippen LogP contribution in [0.15, 0.2) is 23.1 Å². The third-order valence-corrected chi connectivity index (χ3v) is 5.12. The van der Waals surface area contributed by atoms with E-state index in [1.165, 1.54) is 4.31 Å². The molecule has 1 unspecified atom stereocenters. The van der Waals surface area contributed by atoms with Crippen molar-refractivity contribution in [3.8, 4) is 5.75 Å². The van der Waals surface area contributed by atoms with Gasteiger partial charge in [-0.2, -0.15) is 4.31 Å². The van der Waals surface area contributed by atoms with E-state index < -0.39 is 10.0 Å². The number of halogens is 1. The number of aryl methyl sites for hydroxylation is 1. The molecule has 1 rings (SSSR count). The summed E-state index contributed by atoms with van der Waals surface area (Å²) < 4.78 is 31.8. The number of benzene rings is 1. The number of nitrogens with zero attached hydrogens (tertiary/aromatic N) is 1. The van der Waals surface area contributed by atoms with Crippen molar-refractivity contribution in [3.63, 3.8) is 0 Å². The molecule has 0 saturated carbocycles. The fraction of sp³-hybridized carbons (Fsp3) is 0.571. The van der Waals surface area contributed by atoms with Gasteiger partial charge in [0, 0.05) is 19.6 Å². The van der Waals surface area contributed by atoms with Crippen molar-refractivity contribution in [2.24, 2.45) is 5.73 Å². The lowest BCUT2D eigenvalue weighted by Crippen LogP contribution is -2.39. The molecule has 0 aliphatic rings. The van der Waals surface area contributed by atoms with Gasteiger partial charge in [-0.05, 0) is 51.5 Å². The van der Waals surface area contributed by atoms with Gasteiger partial charge >= 0.3 is 0 Å². The molecule has 122 valence electrons. The topological polar surface area (TPSA) is 72.6 Å². The second-order valence-corrected chi connectivity index (χ2v) is 7.20. The first-order chi connectivity index (χ1) is 9.20. The highest BCUT2D eigenvalue weighted by atomic mass is 35.5. The van der Waals surface area contributed by atoms with Crippen LogP contribution in [0.25, 0.3) is 0 Å². The lowest BCUT2D eigenvalue weighted by atomic mass is 10.2. The highest BCUT2D eigenvalue weighted by Crippen LogP contribution is 2.25. The zero-order chi connectivity index (χ0) is 15.5. The van der Waals surface area contributed by atoms with E-state index in [9.17, 15) is 8.42 Å². The van der Waals surface area contributed by atoms with Crippen molar-refractivity contribution in [1.82, 2.24) is 4.31 Å². The molecule has 0 aliphatic carbocycles. The fourth-order valence-corrected chi connectivity index (χ4v) is 3.18. The van der Waals surface area contributed by atoms with Crippen LogP contribution in [0.3, 0.4) is 0 Å². The normalized spacial score (nSPS) is 13.1. The summed E-state index contributed by atoms with van der Waals surface area (Å²) in [5.74, 6) is 0.702. The van der Waals surface area contributed by atoms with E-state index in [4.69, 9.17) is 10.5 Å². The molecule has 0 amide bonds. The van der Waals surface area contributed by atoms with E-state index in [0.29, 0.717) is 5.75 Å². The first kappa shape index (κ1) is 20.2. The molecule has 1 aromatic rings. The molecular weight excluding hydrogens is 312 g/mol. The standard InChI is InChI=1S/C14H24N2O3S.ClH/c1-10(2)19-14-7-6-13(8-11(14)3)20(17,18)16(5)12(4)9-15;/h6-8,10,12H,9,15H2,1-5H3;1H. The molecule has 0 fully saturated rings. The summed E-state index contributed by atoms with van der Waals surface area (Å²) in [6, 6.07) is 4.65. The SMILES string of the molecule is Cc1cc(S(=O)(=O)N(C)C(C)CN)ccc1OC(C)C.Cl. The zero-order valence-electron chi connectivity index (χ0n) is 13.2. The molecule has 0 aliphatic heterocycles. The molecule has 5 nitrogen and oxygen atoms in total. The molecule has 0 aromatic heterocycles.